The van der Waals surface area contributed by atoms with Gasteiger partial charge in [0.15, 0.2) is 0 Å². The summed E-state index contributed by atoms with van der Waals surface area (Å²) in [6.07, 6.45) is -11.1. The van der Waals surface area contributed by atoms with Crippen LogP contribution in [0.15, 0.2) is 0 Å². The van der Waals surface area contributed by atoms with Gasteiger partial charge in [-0.1, -0.05) is 0 Å². The minimum atomic E-state index is -5.27. The zero-order chi connectivity index (χ0) is 25.9. The molecule has 0 rings (SSSR count). The van der Waals surface area contributed by atoms with Gasteiger partial charge >= 0.3 is 30.3 Å². The van der Waals surface area contributed by atoms with Crippen molar-refractivity contribution in [3.63, 3.8) is 0 Å². The van der Waals surface area contributed by atoms with Crippen LogP contribution in [0.1, 0.15) is 46.5 Å². The molecule has 0 aromatic heterocycles. The first-order valence-electron chi connectivity index (χ1n) is 9.90. The fraction of sp³-hybridized carbons (Fsp3) is 0.778. The molecule has 4 N–H and O–H groups in total. The average Bonchev–Trinajstić information content (AvgIpc) is 2.63. The summed E-state index contributed by atoms with van der Waals surface area (Å²) in [6.45, 7) is 4.68. The molecule has 0 bridgehead atoms. The number of carbonyl (C=O) groups excluding carboxylic acids is 4. The standard InChI is InChI=1S/C18H28F6N4O5/c1-16(2,3)33-15(32)27-9-5-4-8-25-12(29)11(28-14(31)18(22,23)24)7-6-10-26-13(30)17(19,20)21/h11H,4-10H2,1-3H3,(H,25,29)(H,26,30)(H,27,32)(H,28,31)/t11-/m0/s1. The van der Waals surface area contributed by atoms with E-state index in [0.717, 1.165) is 0 Å². The van der Waals surface area contributed by atoms with Crippen LogP contribution < -0.4 is 21.3 Å². The molecule has 0 unspecified atom stereocenters. The Morgan fingerprint density at radius 2 is 1.21 bits per heavy atom. The third-order valence-electron chi connectivity index (χ3n) is 3.66. The van der Waals surface area contributed by atoms with E-state index in [1.807, 2.05) is 0 Å². The maximum atomic E-state index is 12.5. The van der Waals surface area contributed by atoms with E-state index in [9.17, 15) is 45.5 Å². The molecule has 0 aromatic rings. The van der Waals surface area contributed by atoms with E-state index in [1.165, 1.54) is 10.6 Å². The molecule has 9 nitrogen and oxygen atoms in total. The van der Waals surface area contributed by atoms with Crippen LogP contribution >= 0.6 is 0 Å². The van der Waals surface area contributed by atoms with E-state index in [2.05, 4.69) is 10.6 Å². The molecule has 0 radical (unpaired) electrons. The number of unbranched alkanes of at least 4 members (excludes halogenated alkanes) is 1. The van der Waals surface area contributed by atoms with Crippen LogP contribution in [0, 0.1) is 0 Å². The second-order valence-corrected chi connectivity index (χ2v) is 7.85. The predicted molar refractivity (Wildman–Crippen MR) is 103 cm³/mol. The average molecular weight is 494 g/mol. The molecule has 0 aliphatic heterocycles. The minimum Gasteiger partial charge on any atom is -0.444 e. The quantitative estimate of drug-likeness (QED) is 0.258. The molecule has 15 heteroatoms. The lowest BCUT2D eigenvalue weighted by molar-refractivity contribution is -0.174. The van der Waals surface area contributed by atoms with E-state index < -0.39 is 60.8 Å². The van der Waals surface area contributed by atoms with Crippen LogP contribution in [0.4, 0.5) is 31.1 Å². The third-order valence-corrected chi connectivity index (χ3v) is 3.66. The number of rotatable bonds is 11. The topological polar surface area (TPSA) is 126 Å². The first kappa shape index (κ1) is 30.3. The van der Waals surface area contributed by atoms with Crippen LogP contribution in [0.3, 0.4) is 0 Å². The molecule has 0 spiro atoms. The summed E-state index contributed by atoms with van der Waals surface area (Å²) in [5.41, 5.74) is -0.677. The van der Waals surface area contributed by atoms with Crippen LogP contribution in [0.2, 0.25) is 0 Å². The SMILES string of the molecule is CC(C)(C)OC(=O)NCCCCNC(=O)[C@H](CCCNC(=O)C(F)(F)F)NC(=O)C(F)(F)F. The van der Waals surface area contributed by atoms with Gasteiger partial charge in [0.2, 0.25) is 5.91 Å². The van der Waals surface area contributed by atoms with Gasteiger partial charge in [0.05, 0.1) is 0 Å². The van der Waals surface area contributed by atoms with Crippen molar-refractivity contribution >= 4 is 23.8 Å². The van der Waals surface area contributed by atoms with E-state index in [-0.39, 0.29) is 19.5 Å². The summed E-state index contributed by atoms with van der Waals surface area (Å²) in [5, 5.41) is 7.78. The molecule has 0 saturated carbocycles. The summed E-state index contributed by atoms with van der Waals surface area (Å²) in [5.74, 6) is -5.60. The smallest absolute Gasteiger partial charge is 0.444 e. The van der Waals surface area contributed by atoms with Crippen molar-refractivity contribution in [3.05, 3.63) is 0 Å². The molecule has 0 aromatic carbocycles. The van der Waals surface area contributed by atoms with Crippen molar-refractivity contribution in [1.82, 2.24) is 21.3 Å². The number of alkyl halides is 6. The van der Waals surface area contributed by atoms with Crippen molar-refractivity contribution in [1.29, 1.82) is 0 Å². The molecule has 0 aliphatic rings. The van der Waals surface area contributed by atoms with E-state index >= 15 is 0 Å². The highest BCUT2D eigenvalue weighted by atomic mass is 19.4. The molecule has 33 heavy (non-hydrogen) atoms. The Kier molecular flexibility index (Phi) is 12.0. The number of amides is 4. The highest BCUT2D eigenvalue weighted by Gasteiger charge is 2.41. The molecule has 0 aliphatic carbocycles. The largest absolute Gasteiger partial charge is 0.471 e. The summed E-state index contributed by atoms with van der Waals surface area (Å²) >= 11 is 0. The Morgan fingerprint density at radius 1 is 0.727 bits per heavy atom. The zero-order valence-corrected chi connectivity index (χ0v) is 18.3. The Balaban J connectivity index is 4.52. The molecule has 1 atom stereocenters. The van der Waals surface area contributed by atoms with Crippen LogP contribution in [-0.2, 0) is 19.1 Å². The van der Waals surface area contributed by atoms with Crippen LogP contribution in [0.25, 0.3) is 0 Å². The van der Waals surface area contributed by atoms with Gasteiger partial charge in [-0.05, 0) is 46.5 Å². The summed E-state index contributed by atoms with van der Waals surface area (Å²) in [4.78, 5) is 45.5. The van der Waals surface area contributed by atoms with Gasteiger partial charge in [-0.3, -0.25) is 14.4 Å². The summed E-state index contributed by atoms with van der Waals surface area (Å²) < 4.78 is 78.8. The minimum absolute atomic E-state index is 0.00195. The lowest BCUT2D eigenvalue weighted by Gasteiger charge is -2.20. The number of hydrogen-bond acceptors (Lipinski definition) is 5. The van der Waals surface area contributed by atoms with E-state index in [0.29, 0.717) is 12.8 Å². The van der Waals surface area contributed by atoms with Gasteiger partial charge in [-0.15, -0.1) is 0 Å². The first-order chi connectivity index (χ1) is 14.9. The van der Waals surface area contributed by atoms with Gasteiger partial charge in [-0.2, -0.15) is 26.3 Å². The Morgan fingerprint density at radius 3 is 1.70 bits per heavy atom. The third kappa shape index (κ3) is 14.9. The number of hydrogen-bond donors (Lipinski definition) is 4. The summed E-state index contributed by atoms with van der Waals surface area (Å²) in [6, 6.07) is -1.68. The fourth-order valence-electron chi connectivity index (χ4n) is 2.21. The molecule has 0 heterocycles. The van der Waals surface area contributed by atoms with Crippen molar-refractivity contribution in [2.24, 2.45) is 0 Å². The lowest BCUT2D eigenvalue weighted by atomic mass is 10.1. The van der Waals surface area contributed by atoms with Crippen molar-refractivity contribution in [2.75, 3.05) is 19.6 Å². The van der Waals surface area contributed by atoms with Gasteiger partial charge in [0, 0.05) is 19.6 Å². The maximum absolute atomic E-state index is 12.5. The maximum Gasteiger partial charge on any atom is 0.471 e. The van der Waals surface area contributed by atoms with E-state index in [4.69, 9.17) is 4.74 Å². The molecule has 0 saturated heterocycles. The number of ether oxygens (including phenoxy) is 1. The number of halogens is 6. The Bertz CT molecular complexity index is 677. The van der Waals surface area contributed by atoms with Gasteiger partial charge in [-0.25, -0.2) is 4.79 Å². The number of alkyl carbamates (subject to hydrolysis) is 1. The van der Waals surface area contributed by atoms with Crippen LogP contribution in [0.5, 0.6) is 0 Å². The van der Waals surface area contributed by atoms with Gasteiger partial charge in [0.1, 0.15) is 11.6 Å². The van der Waals surface area contributed by atoms with Gasteiger partial charge < -0.3 is 26.0 Å². The van der Waals surface area contributed by atoms with Crippen molar-refractivity contribution in [3.8, 4) is 0 Å². The van der Waals surface area contributed by atoms with Crippen LogP contribution in [-0.4, -0.2) is 67.4 Å². The lowest BCUT2D eigenvalue weighted by Crippen LogP contribution is -2.51. The monoisotopic (exact) mass is 494 g/mol. The zero-order valence-electron chi connectivity index (χ0n) is 18.3. The Hall–Kier alpha value is -2.74. The number of nitrogens with one attached hydrogen (secondary N) is 4. The molecule has 192 valence electrons. The van der Waals surface area contributed by atoms with E-state index in [1.54, 1.807) is 20.8 Å². The predicted octanol–water partition coefficient (Wildman–Crippen LogP) is 1.91. The molecule has 0 fully saturated rings. The second-order valence-electron chi connectivity index (χ2n) is 7.85. The van der Waals surface area contributed by atoms with Crippen molar-refractivity contribution in [2.45, 2.75) is 70.4 Å². The molecular formula is C18H28F6N4O5. The number of carbonyl (C=O) groups is 4. The second kappa shape index (κ2) is 13.1. The highest BCUT2D eigenvalue weighted by Crippen LogP contribution is 2.16. The molecular weight excluding hydrogens is 466 g/mol. The Labute approximate surface area is 186 Å². The summed E-state index contributed by atoms with van der Waals surface area (Å²) in [7, 11) is 0. The first-order valence-corrected chi connectivity index (χ1v) is 9.90. The molecule has 4 amide bonds. The van der Waals surface area contributed by atoms with Gasteiger partial charge in [0.25, 0.3) is 0 Å². The fourth-order valence-corrected chi connectivity index (χ4v) is 2.21. The highest BCUT2D eigenvalue weighted by molar-refractivity contribution is 5.89. The normalized spacial score (nSPS) is 13.0. The van der Waals surface area contributed by atoms with Crippen molar-refractivity contribution < 1.29 is 50.3 Å².